The molecule has 103 heavy (non-hydrogen) atoms. The lowest BCUT2D eigenvalue weighted by Gasteiger charge is -2.42. The van der Waals surface area contributed by atoms with E-state index < -0.39 is 102 Å². The molecule has 2 fully saturated rings. The van der Waals surface area contributed by atoms with Gasteiger partial charge in [-0.15, -0.1) is 0 Å². The van der Waals surface area contributed by atoms with Crippen LogP contribution in [0.1, 0.15) is 158 Å². The van der Waals surface area contributed by atoms with Gasteiger partial charge in [-0.2, -0.15) is 0 Å². The van der Waals surface area contributed by atoms with Crippen molar-refractivity contribution in [2.75, 3.05) is 72.4 Å². The van der Waals surface area contributed by atoms with Crippen LogP contribution in [-0.4, -0.2) is 223 Å². The Hall–Kier alpha value is -8.50. The molecule has 1 unspecified atom stereocenters. The van der Waals surface area contributed by atoms with Crippen LogP contribution in [0.3, 0.4) is 0 Å². The smallest absolute Gasteiger partial charge is 0.410 e. The molecule has 0 radical (unpaired) electrons. The van der Waals surface area contributed by atoms with E-state index in [1.807, 2.05) is 76.8 Å². The normalized spacial score (nSPS) is 17.8. The summed E-state index contributed by atoms with van der Waals surface area (Å²) in [6.07, 6.45) is 4.37. The molecule has 28 heteroatoms. The van der Waals surface area contributed by atoms with Crippen LogP contribution in [0.25, 0.3) is 0 Å². The molecule has 2 aromatic carbocycles. The number of urea groups is 1. The van der Waals surface area contributed by atoms with Crippen molar-refractivity contribution in [3.63, 3.8) is 0 Å². The van der Waals surface area contributed by atoms with Crippen LogP contribution in [0.4, 0.5) is 15.3 Å². The number of nitrogens with one attached hydrogen (secondary N) is 6. The fourth-order valence-electron chi connectivity index (χ4n) is 13.4. The van der Waals surface area contributed by atoms with Gasteiger partial charge in [-0.25, -0.2) is 14.4 Å². The molecule has 0 bridgehead atoms. The second-order valence-electron chi connectivity index (χ2n) is 29.3. The maximum atomic E-state index is 14.9. The number of ether oxygens (including phenoxy) is 4. The van der Waals surface area contributed by atoms with Crippen molar-refractivity contribution in [2.45, 2.75) is 220 Å². The van der Waals surface area contributed by atoms with Crippen LogP contribution in [0.5, 0.6) is 0 Å². The predicted octanol–water partition coefficient (Wildman–Crippen LogP) is 5.59. The Labute approximate surface area is 608 Å². The van der Waals surface area contributed by atoms with Gasteiger partial charge in [0, 0.05) is 97.8 Å². The molecule has 0 aromatic heterocycles. The average Bonchev–Trinajstić information content (AvgIpc) is 1.79. The summed E-state index contributed by atoms with van der Waals surface area (Å²) in [5.41, 5.74) is 6.29. The van der Waals surface area contributed by atoms with Crippen molar-refractivity contribution < 1.29 is 76.5 Å². The molecule has 572 valence electrons. The number of methoxy groups -OCH3 is 2. The number of piperazine rings is 1. The minimum absolute atomic E-state index is 0.0854. The van der Waals surface area contributed by atoms with Gasteiger partial charge in [-0.3, -0.25) is 53.0 Å². The first-order valence-corrected chi connectivity index (χ1v) is 36.4. The number of esters is 1. The second kappa shape index (κ2) is 41.1. The first-order chi connectivity index (χ1) is 48.7. The van der Waals surface area contributed by atoms with E-state index in [0.717, 1.165) is 10.5 Å². The lowest BCUT2D eigenvalue weighted by molar-refractivity contribution is -0.159. The number of rotatable bonds is 39. The van der Waals surface area contributed by atoms with Gasteiger partial charge < -0.3 is 71.3 Å². The molecule has 3 heterocycles. The third kappa shape index (κ3) is 26.0. The molecule has 8 N–H and O–H groups in total. The molecule has 0 saturated carbocycles. The zero-order valence-corrected chi connectivity index (χ0v) is 63.2. The van der Waals surface area contributed by atoms with E-state index in [9.17, 15) is 57.5 Å². The van der Waals surface area contributed by atoms with Gasteiger partial charge >= 0.3 is 18.1 Å². The minimum atomic E-state index is -1.09. The monoisotopic (exact) mass is 1440 g/mol. The van der Waals surface area contributed by atoms with Crippen molar-refractivity contribution in [3.8, 4) is 0 Å². The summed E-state index contributed by atoms with van der Waals surface area (Å²) in [5.74, 6) is -6.02. The Morgan fingerprint density at radius 3 is 1.88 bits per heavy atom. The van der Waals surface area contributed by atoms with E-state index >= 15 is 0 Å². The molecule has 0 spiro atoms. The number of benzene rings is 2. The van der Waals surface area contributed by atoms with E-state index in [-0.39, 0.29) is 124 Å². The molecule has 28 nitrogen and oxygen atoms in total. The van der Waals surface area contributed by atoms with E-state index in [1.165, 1.54) is 26.4 Å². The van der Waals surface area contributed by atoms with E-state index in [4.69, 9.17) is 24.7 Å². The van der Waals surface area contributed by atoms with Crippen LogP contribution >= 0.6 is 0 Å². The summed E-state index contributed by atoms with van der Waals surface area (Å²) in [4.78, 5) is 169. The Bertz CT molecular complexity index is 3190. The number of nitrogens with zero attached hydrogens (tertiary/aromatic N) is 5. The predicted molar refractivity (Wildman–Crippen MR) is 388 cm³/mol. The maximum absolute atomic E-state index is 14.9. The van der Waals surface area contributed by atoms with Crippen LogP contribution in [0.2, 0.25) is 0 Å². The van der Waals surface area contributed by atoms with Gasteiger partial charge in [0.25, 0.3) is 11.8 Å². The topological polar surface area (TPSA) is 356 Å². The molecule has 2 aromatic rings. The van der Waals surface area contributed by atoms with Crippen LogP contribution < -0.4 is 37.6 Å². The lowest BCUT2D eigenvalue weighted by Crippen LogP contribution is -2.62. The Morgan fingerprint density at radius 2 is 1.31 bits per heavy atom. The van der Waals surface area contributed by atoms with Crippen molar-refractivity contribution in [3.05, 3.63) is 77.9 Å². The number of likely N-dealkylation sites (N-methyl/N-ethyl adjacent to an activating group) is 1. The number of anilines is 1. The number of nitrogens with two attached hydrogens (primary N) is 1. The van der Waals surface area contributed by atoms with Crippen molar-refractivity contribution in [1.82, 2.24) is 51.1 Å². The summed E-state index contributed by atoms with van der Waals surface area (Å²) in [7, 11) is 4.71. The Kier molecular flexibility index (Phi) is 34.0. The number of amides is 12. The fraction of sp³-hybridized carbons (Fsp3) is 0.653. The van der Waals surface area contributed by atoms with E-state index in [0.29, 0.717) is 69.4 Å². The Balaban J connectivity index is 1.15. The highest BCUT2D eigenvalue weighted by molar-refractivity contribution is 6.12. The number of imide groups is 1. The molecule has 3 aliphatic rings. The number of likely N-dealkylation sites (tertiary alicyclic amines) is 1. The van der Waals surface area contributed by atoms with Crippen molar-refractivity contribution in [2.24, 2.45) is 35.3 Å². The van der Waals surface area contributed by atoms with Gasteiger partial charge in [0.15, 0.2) is 0 Å². The first-order valence-electron chi connectivity index (χ1n) is 36.4. The van der Waals surface area contributed by atoms with E-state index in [1.54, 1.807) is 87.6 Å². The summed E-state index contributed by atoms with van der Waals surface area (Å²) in [5, 5.41) is 16.9. The highest BCUT2D eigenvalue weighted by Crippen LogP contribution is 2.31. The van der Waals surface area contributed by atoms with Gasteiger partial charge in [-0.05, 0) is 106 Å². The number of hydrogen-bond donors (Lipinski definition) is 7. The van der Waals surface area contributed by atoms with Crippen molar-refractivity contribution >= 4 is 76.9 Å². The largest absolute Gasteiger partial charge is 0.458 e. The number of carbonyl (C=O) groups excluding carboxylic acids is 12. The molecular formula is C75H116N12O16. The molecular weight excluding hydrogens is 1320 g/mol. The molecule has 5 rings (SSSR count). The van der Waals surface area contributed by atoms with Crippen LogP contribution in [0, 0.1) is 29.6 Å². The summed E-state index contributed by atoms with van der Waals surface area (Å²) in [6.45, 7) is 24.0. The first kappa shape index (κ1) is 85.1. The molecule has 3 aliphatic heterocycles. The molecule has 12 amide bonds. The SMILES string of the molecule is CC[C@H](C)[C@@H](C(CC(=O)N1CCC[C@H]1[C@H](OC)[C@@H](C)C(=O)N[C@@H](Cc1ccccc1)C(=O)OC(C)(C)C)OC)N(C)C(=O)[C@@H](NC(=O)[C@H](C(C)C)N1CCN(C(=O)OCc2ccc(NC(=O)[C@H](CCCNC(N)=O)NC(=O)[C@@H](NC(=O)CCCCCN3C(=O)C=CC3=O)C(C)C)cc2)CC1)C(C)C. The van der Waals surface area contributed by atoms with Crippen LogP contribution in [-0.2, 0) is 79.9 Å². The van der Waals surface area contributed by atoms with Gasteiger partial charge in [0.05, 0.1) is 42.7 Å². The third-order valence-corrected chi connectivity index (χ3v) is 19.3. The quantitative estimate of drug-likeness (QED) is 0.0243. The lowest BCUT2D eigenvalue weighted by atomic mass is 9.89. The minimum Gasteiger partial charge on any atom is -0.458 e. The van der Waals surface area contributed by atoms with Gasteiger partial charge in [0.1, 0.15) is 36.4 Å². The zero-order valence-electron chi connectivity index (χ0n) is 63.2. The standard InChI is InChI=1S/C75H116N12O16/c1-16-49(8)65(57(100-14)44-61(91)86-38-24-28-56(86)66(101-15)50(9)67(92)80-55(72(97)103-75(10,11)12)43-51-25-19-17-20-26-51)83(13)71(96)63(47(4)5)82-70(95)64(48(6)7)84-39-41-85(42-40-84)74(99)102-45-52-30-32-53(33-31-52)78-68(93)54(27-23-36-77-73(76)98)79-69(94)62(46(2)3)81-58(88)29-21-18-22-37-87-59(89)34-35-60(87)90/h17,19-20,25-26,30-35,46-50,54-57,62-66H,16,18,21-24,27-29,36-45H2,1-15H3,(H,78,93)(H,79,94)(H,80,92)(H,81,88)(H,82,95)(H3,76,77,98)/t49-,50+,54-,55-,56-,57?,62-,63-,64-,65-,66+/m0/s1. The van der Waals surface area contributed by atoms with Crippen molar-refractivity contribution in [1.29, 1.82) is 0 Å². The van der Waals surface area contributed by atoms with Crippen LogP contribution in [0.15, 0.2) is 66.7 Å². The zero-order chi connectivity index (χ0) is 76.4. The maximum Gasteiger partial charge on any atom is 0.410 e. The fourth-order valence-corrected chi connectivity index (χ4v) is 13.4. The average molecular weight is 1440 g/mol. The molecule has 11 atom stereocenters. The summed E-state index contributed by atoms with van der Waals surface area (Å²) in [6, 6.07) is 9.44. The number of carbonyl (C=O) groups is 12. The highest BCUT2D eigenvalue weighted by Gasteiger charge is 2.45. The summed E-state index contributed by atoms with van der Waals surface area (Å²) < 4.78 is 23.7. The second-order valence-corrected chi connectivity index (χ2v) is 29.3. The molecule has 0 aliphatic carbocycles. The van der Waals surface area contributed by atoms with E-state index in [2.05, 4.69) is 31.9 Å². The van der Waals surface area contributed by atoms with Gasteiger partial charge in [0.2, 0.25) is 41.4 Å². The summed E-state index contributed by atoms with van der Waals surface area (Å²) >= 11 is 0. The Morgan fingerprint density at radius 1 is 0.680 bits per heavy atom. The number of primary amides is 1. The van der Waals surface area contributed by atoms with Gasteiger partial charge in [-0.1, -0.05) is 118 Å². The third-order valence-electron chi connectivity index (χ3n) is 19.3. The number of hydrogen-bond acceptors (Lipinski definition) is 17. The molecule has 2 saturated heterocycles. The highest BCUT2D eigenvalue weighted by atomic mass is 16.6. The number of unbranched alkanes of at least 4 members (excludes halogenated alkanes) is 2.